The highest BCUT2D eigenvalue weighted by Gasteiger charge is 2.46. The average molecular weight is 959 g/mol. The van der Waals surface area contributed by atoms with Crippen molar-refractivity contribution in [1.29, 1.82) is 0 Å². The summed E-state index contributed by atoms with van der Waals surface area (Å²) < 4.78 is 35.0. The SMILES string of the molecule is C=CC(=O)OCCOc1ccc(C(=O)OC2(c3ccc(C4(OC(=O)c5ccc(OCCOC(=O)C=C)cc5)CCC(C5CCC(CCC)CC5)CC4)cc3)CCC(C3CCC(CCC)CC3)CC2)cc1. The van der Waals surface area contributed by atoms with E-state index < -0.39 is 23.1 Å². The highest BCUT2D eigenvalue weighted by atomic mass is 16.6. The first-order chi connectivity index (χ1) is 34.1. The zero-order chi connectivity index (χ0) is 49.4. The second kappa shape index (κ2) is 25.7. The minimum atomic E-state index is -0.815. The van der Waals surface area contributed by atoms with Gasteiger partial charge >= 0.3 is 23.9 Å². The fourth-order valence-electron chi connectivity index (χ4n) is 12.4. The van der Waals surface area contributed by atoms with E-state index in [1.807, 2.05) is 0 Å². The molecule has 0 radical (unpaired) electrons. The highest BCUT2D eigenvalue weighted by Crippen LogP contribution is 2.51. The molecule has 3 aromatic rings. The van der Waals surface area contributed by atoms with Gasteiger partial charge in [0.15, 0.2) is 0 Å². The lowest BCUT2D eigenvalue weighted by molar-refractivity contribution is -0.139. The van der Waals surface area contributed by atoms with Crippen molar-refractivity contribution in [2.75, 3.05) is 26.4 Å². The number of hydrogen-bond acceptors (Lipinski definition) is 10. The first-order valence-electron chi connectivity index (χ1n) is 26.7. The van der Waals surface area contributed by atoms with Crippen LogP contribution in [0.2, 0.25) is 0 Å². The number of ether oxygens (including phenoxy) is 6. The van der Waals surface area contributed by atoms with Gasteiger partial charge in [0, 0.05) is 12.2 Å². The maximum atomic E-state index is 14.2. The Morgan fingerprint density at radius 3 is 1.11 bits per heavy atom. The molecule has 0 atom stereocenters. The van der Waals surface area contributed by atoms with Crippen molar-refractivity contribution in [3.8, 4) is 11.5 Å². The molecule has 3 aromatic carbocycles. The number of esters is 4. The van der Waals surface area contributed by atoms with Gasteiger partial charge in [-0.15, -0.1) is 0 Å². The molecule has 7 rings (SSSR count). The van der Waals surface area contributed by atoms with E-state index in [0.717, 1.165) is 86.5 Å². The predicted molar refractivity (Wildman–Crippen MR) is 271 cm³/mol. The minimum absolute atomic E-state index is 0.0884. The van der Waals surface area contributed by atoms with Gasteiger partial charge in [-0.2, -0.15) is 0 Å². The summed E-state index contributed by atoms with van der Waals surface area (Å²) in [7, 11) is 0. The maximum absolute atomic E-state index is 14.2. The Bertz CT molecular complexity index is 1990. The summed E-state index contributed by atoms with van der Waals surface area (Å²) in [6.07, 6.45) is 24.8. The fraction of sp³-hybridized carbons (Fsp3) is 0.567. The van der Waals surface area contributed by atoms with Crippen molar-refractivity contribution in [1.82, 2.24) is 0 Å². The molecule has 4 fully saturated rings. The molecule has 0 spiro atoms. The second-order valence-corrected chi connectivity index (χ2v) is 20.6. The molecule has 4 saturated carbocycles. The molecule has 10 nitrogen and oxygen atoms in total. The Morgan fingerprint density at radius 1 is 0.471 bits per heavy atom. The normalized spacial score (nSPS) is 26.7. The summed E-state index contributed by atoms with van der Waals surface area (Å²) in [5.74, 6) is 3.69. The van der Waals surface area contributed by atoms with Crippen LogP contribution < -0.4 is 9.47 Å². The first kappa shape index (κ1) is 52.4. The Balaban J connectivity index is 1.09. The summed E-state index contributed by atoms with van der Waals surface area (Å²) >= 11 is 0. The van der Waals surface area contributed by atoms with Gasteiger partial charge in [-0.05, 0) is 172 Å². The molecule has 4 aliphatic rings. The molecule has 0 aliphatic heterocycles. The summed E-state index contributed by atoms with van der Waals surface area (Å²) in [6, 6.07) is 22.4. The minimum Gasteiger partial charge on any atom is -0.490 e. The molecule has 0 aromatic heterocycles. The maximum Gasteiger partial charge on any atom is 0.339 e. The number of hydrogen-bond donors (Lipinski definition) is 0. The quantitative estimate of drug-likeness (QED) is 0.0416. The van der Waals surface area contributed by atoms with Crippen LogP contribution in [0.5, 0.6) is 11.5 Å². The zero-order valence-corrected chi connectivity index (χ0v) is 42.0. The van der Waals surface area contributed by atoms with Crippen molar-refractivity contribution in [2.24, 2.45) is 35.5 Å². The smallest absolute Gasteiger partial charge is 0.339 e. The van der Waals surface area contributed by atoms with Crippen LogP contribution in [0, 0.1) is 35.5 Å². The van der Waals surface area contributed by atoms with Gasteiger partial charge in [0.25, 0.3) is 0 Å². The van der Waals surface area contributed by atoms with Gasteiger partial charge in [-0.1, -0.05) is 103 Å². The van der Waals surface area contributed by atoms with Crippen molar-refractivity contribution in [3.05, 3.63) is 120 Å². The van der Waals surface area contributed by atoms with Crippen LogP contribution in [0.15, 0.2) is 98.1 Å². The monoisotopic (exact) mass is 959 g/mol. The molecule has 0 N–H and O–H groups in total. The third-order valence-corrected chi connectivity index (χ3v) is 16.4. The first-order valence-corrected chi connectivity index (χ1v) is 26.7. The molecule has 0 saturated heterocycles. The number of carbonyl (C=O) groups excluding carboxylic acids is 4. The lowest BCUT2D eigenvalue weighted by atomic mass is 9.65. The number of carbonyl (C=O) groups is 4. The Kier molecular flexibility index (Phi) is 19.2. The molecule has 70 heavy (non-hydrogen) atoms. The summed E-state index contributed by atoms with van der Waals surface area (Å²) in [6.45, 7) is 11.9. The van der Waals surface area contributed by atoms with E-state index >= 15 is 0 Å². The number of benzene rings is 3. The third-order valence-electron chi connectivity index (χ3n) is 16.4. The molecule has 0 bridgehead atoms. The topological polar surface area (TPSA) is 124 Å². The Hall–Kier alpha value is -5.38. The molecular formula is C60H78O10. The van der Waals surface area contributed by atoms with Crippen molar-refractivity contribution >= 4 is 23.9 Å². The molecule has 0 heterocycles. The molecular weight excluding hydrogens is 881 g/mol. The summed E-state index contributed by atoms with van der Waals surface area (Å²) in [5, 5.41) is 0. The van der Waals surface area contributed by atoms with Crippen LogP contribution in [0.3, 0.4) is 0 Å². The van der Waals surface area contributed by atoms with Gasteiger partial charge < -0.3 is 28.4 Å². The van der Waals surface area contributed by atoms with Gasteiger partial charge in [0.1, 0.15) is 49.1 Å². The Labute approximate surface area is 417 Å². The van der Waals surface area contributed by atoms with Gasteiger partial charge in [0.2, 0.25) is 0 Å². The van der Waals surface area contributed by atoms with Gasteiger partial charge in [-0.25, -0.2) is 19.2 Å². The van der Waals surface area contributed by atoms with E-state index in [-0.39, 0.29) is 38.4 Å². The second-order valence-electron chi connectivity index (χ2n) is 20.6. The number of rotatable bonds is 22. The van der Waals surface area contributed by atoms with Crippen LogP contribution in [0.1, 0.15) is 174 Å². The molecule has 10 heteroatoms. The lowest BCUT2D eigenvalue weighted by Gasteiger charge is -2.44. The standard InChI is InChI=1S/C60H78O10/c1-5-9-43-11-15-45(16-12-43)47-31-35-59(36-32-47,69-57(63)49-19-27-53(28-20-49)65-39-41-67-55(61)7-3)51-23-25-52(26-24-51)60(37-33-48(34-38-60)46-17-13-44(10-6-2)14-18-46)70-58(64)50-21-29-54(30-22-50)66-40-42-68-56(62)8-4/h7-8,19-30,43-48H,3-6,9-18,31-42H2,1-2H3. The van der Waals surface area contributed by atoms with E-state index in [1.165, 1.54) is 77.0 Å². The third kappa shape index (κ3) is 13.9. The van der Waals surface area contributed by atoms with Crippen LogP contribution in [0.25, 0.3) is 0 Å². The molecule has 0 unspecified atom stereocenters. The van der Waals surface area contributed by atoms with Crippen LogP contribution in [0.4, 0.5) is 0 Å². The van der Waals surface area contributed by atoms with E-state index in [4.69, 9.17) is 28.4 Å². The van der Waals surface area contributed by atoms with Crippen LogP contribution in [-0.4, -0.2) is 50.3 Å². The average Bonchev–Trinajstić information content (AvgIpc) is 3.40. The van der Waals surface area contributed by atoms with E-state index in [2.05, 4.69) is 51.3 Å². The molecule has 378 valence electrons. The predicted octanol–water partition coefficient (Wildman–Crippen LogP) is 13.6. The summed E-state index contributed by atoms with van der Waals surface area (Å²) in [4.78, 5) is 51.2. The largest absolute Gasteiger partial charge is 0.490 e. The Morgan fingerprint density at radius 2 is 0.800 bits per heavy atom. The van der Waals surface area contributed by atoms with Gasteiger partial charge in [0.05, 0.1) is 11.1 Å². The summed E-state index contributed by atoms with van der Waals surface area (Å²) in [5.41, 5.74) is 1.19. The van der Waals surface area contributed by atoms with Crippen molar-refractivity contribution in [3.63, 3.8) is 0 Å². The lowest BCUT2D eigenvalue weighted by Crippen LogP contribution is -2.40. The van der Waals surface area contributed by atoms with E-state index in [1.54, 1.807) is 48.5 Å². The van der Waals surface area contributed by atoms with E-state index in [9.17, 15) is 19.2 Å². The van der Waals surface area contributed by atoms with E-state index in [0.29, 0.717) is 46.3 Å². The van der Waals surface area contributed by atoms with Crippen LogP contribution >= 0.6 is 0 Å². The van der Waals surface area contributed by atoms with Gasteiger partial charge in [-0.3, -0.25) is 0 Å². The van der Waals surface area contributed by atoms with Crippen LogP contribution in [-0.2, 0) is 39.7 Å². The van der Waals surface area contributed by atoms with Crippen molar-refractivity contribution in [2.45, 2.75) is 153 Å². The molecule has 0 amide bonds. The van der Waals surface area contributed by atoms with Crippen molar-refractivity contribution < 1.29 is 47.6 Å². The zero-order valence-electron chi connectivity index (χ0n) is 42.0. The highest BCUT2D eigenvalue weighted by molar-refractivity contribution is 5.90. The molecule has 4 aliphatic carbocycles. The fourth-order valence-corrected chi connectivity index (χ4v) is 12.4.